The minimum atomic E-state index is 0.857. The molecule has 0 aliphatic rings. The first-order chi connectivity index (χ1) is 4.93. The molecule has 0 fully saturated rings. The van der Waals surface area contributed by atoms with E-state index in [4.69, 9.17) is 0 Å². The topological polar surface area (TPSA) is 43.6 Å². The molecule has 1 aromatic rings. The molecule has 0 amide bonds. The van der Waals surface area contributed by atoms with E-state index >= 15 is 0 Å². The zero-order chi connectivity index (χ0) is 7.23. The van der Waals surface area contributed by atoms with Crippen LogP contribution in [-0.4, -0.2) is 20.2 Å². The van der Waals surface area contributed by atoms with Crippen molar-refractivity contribution < 1.29 is 0 Å². The third kappa shape index (κ3) is 2.13. The number of tetrazole rings is 1. The zero-order valence-electron chi connectivity index (χ0n) is 5.90. The highest BCUT2D eigenvalue weighted by molar-refractivity contribution is 4.43. The third-order valence-electron chi connectivity index (χ3n) is 1.25. The molecule has 0 aliphatic heterocycles. The van der Waals surface area contributed by atoms with Crippen molar-refractivity contribution in [2.75, 3.05) is 0 Å². The molecule has 4 nitrogen and oxygen atoms in total. The van der Waals surface area contributed by atoms with Crippen molar-refractivity contribution in [3.63, 3.8) is 0 Å². The summed E-state index contributed by atoms with van der Waals surface area (Å²) in [6, 6.07) is 0. The number of unbranched alkanes of at least 4 members (excludes halogenated alkanes) is 2. The van der Waals surface area contributed by atoms with Gasteiger partial charge in [-0.3, -0.25) is 0 Å². The van der Waals surface area contributed by atoms with Crippen LogP contribution in [0.1, 0.15) is 19.3 Å². The molecular formula is C6H11N4. The quantitative estimate of drug-likeness (QED) is 0.576. The number of aryl methyl sites for hydroxylation is 1. The molecule has 1 rings (SSSR count). The summed E-state index contributed by atoms with van der Waals surface area (Å²) in [6.45, 7) is 4.60. The van der Waals surface area contributed by atoms with Gasteiger partial charge in [0.25, 0.3) is 0 Å². The summed E-state index contributed by atoms with van der Waals surface area (Å²) in [4.78, 5) is 1.59. The zero-order valence-corrected chi connectivity index (χ0v) is 5.90. The van der Waals surface area contributed by atoms with Crippen LogP contribution >= 0.6 is 0 Å². The van der Waals surface area contributed by atoms with E-state index in [1.165, 1.54) is 6.33 Å². The Morgan fingerprint density at radius 3 is 2.90 bits per heavy atom. The van der Waals surface area contributed by atoms with E-state index in [0.717, 1.165) is 25.8 Å². The Balaban J connectivity index is 2.15. The lowest BCUT2D eigenvalue weighted by Gasteiger charge is -1.94. The molecule has 0 atom stereocenters. The van der Waals surface area contributed by atoms with Gasteiger partial charge in [0.15, 0.2) is 6.33 Å². The van der Waals surface area contributed by atoms with E-state index in [1.807, 2.05) is 0 Å². The highest BCUT2D eigenvalue weighted by atomic mass is 15.6. The lowest BCUT2D eigenvalue weighted by atomic mass is 10.2. The fourth-order valence-corrected chi connectivity index (χ4v) is 0.721. The number of rotatable bonds is 4. The predicted octanol–water partition coefficient (Wildman–Crippen LogP) is 0.677. The van der Waals surface area contributed by atoms with Gasteiger partial charge in [-0.2, -0.15) is 4.80 Å². The first-order valence-electron chi connectivity index (χ1n) is 3.43. The molecule has 4 heteroatoms. The average molecular weight is 139 g/mol. The third-order valence-corrected chi connectivity index (χ3v) is 1.25. The summed E-state index contributed by atoms with van der Waals surface area (Å²) in [5.74, 6) is 0. The fourth-order valence-electron chi connectivity index (χ4n) is 0.721. The summed E-state index contributed by atoms with van der Waals surface area (Å²) in [6.07, 6.45) is 4.64. The Bertz CT molecular complexity index is 158. The van der Waals surface area contributed by atoms with E-state index in [1.54, 1.807) is 4.80 Å². The Kier molecular flexibility index (Phi) is 2.86. The maximum atomic E-state index is 3.86. The van der Waals surface area contributed by atoms with Crippen LogP contribution in [0.25, 0.3) is 0 Å². The highest BCUT2D eigenvalue weighted by Crippen LogP contribution is 1.94. The molecule has 1 aromatic heterocycles. The van der Waals surface area contributed by atoms with Gasteiger partial charge in [-0.05, 0) is 11.6 Å². The average Bonchev–Trinajstić information content (AvgIpc) is 2.41. The molecule has 0 spiro atoms. The first-order valence-corrected chi connectivity index (χ1v) is 3.43. The second-order valence-corrected chi connectivity index (χ2v) is 2.09. The molecule has 0 aromatic carbocycles. The Morgan fingerprint density at radius 2 is 2.30 bits per heavy atom. The van der Waals surface area contributed by atoms with Crippen LogP contribution < -0.4 is 0 Å². The minimum Gasteiger partial charge on any atom is -0.164 e. The van der Waals surface area contributed by atoms with Crippen LogP contribution in [0.3, 0.4) is 0 Å². The van der Waals surface area contributed by atoms with Gasteiger partial charge in [0.05, 0.1) is 6.54 Å². The number of hydrogen-bond donors (Lipinski definition) is 0. The van der Waals surface area contributed by atoms with Gasteiger partial charge in [0, 0.05) is 0 Å². The summed E-state index contributed by atoms with van der Waals surface area (Å²) in [5, 5.41) is 11.2. The number of nitrogens with zero attached hydrogens (tertiary/aromatic N) is 4. The first kappa shape index (κ1) is 7.18. The Labute approximate surface area is 60.2 Å². The van der Waals surface area contributed by atoms with Gasteiger partial charge in [-0.1, -0.05) is 19.8 Å². The predicted molar refractivity (Wildman–Crippen MR) is 37.0 cm³/mol. The normalized spacial score (nSPS) is 10.1. The van der Waals surface area contributed by atoms with Gasteiger partial charge < -0.3 is 0 Å². The van der Waals surface area contributed by atoms with Crippen LogP contribution in [0, 0.1) is 6.92 Å². The Morgan fingerprint density at radius 1 is 1.40 bits per heavy atom. The van der Waals surface area contributed by atoms with Crippen molar-refractivity contribution in [2.45, 2.75) is 25.8 Å². The lowest BCUT2D eigenvalue weighted by molar-refractivity contribution is 0.489. The molecular weight excluding hydrogens is 128 g/mol. The fraction of sp³-hybridized carbons (Fsp3) is 0.667. The van der Waals surface area contributed by atoms with E-state index in [-0.39, 0.29) is 0 Å². The Hall–Kier alpha value is -0.930. The molecule has 0 saturated carbocycles. The van der Waals surface area contributed by atoms with E-state index in [2.05, 4.69) is 22.3 Å². The summed E-state index contributed by atoms with van der Waals surface area (Å²) in [5.41, 5.74) is 0. The van der Waals surface area contributed by atoms with Crippen molar-refractivity contribution in [1.82, 2.24) is 20.2 Å². The van der Waals surface area contributed by atoms with Gasteiger partial charge in [-0.25, -0.2) is 0 Å². The lowest BCUT2D eigenvalue weighted by Crippen LogP contribution is -2.01. The van der Waals surface area contributed by atoms with Gasteiger partial charge in [-0.15, -0.1) is 10.2 Å². The molecule has 0 saturated heterocycles. The molecule has 0 bridgehead atoms. The molecule has 55 valence electrons. The van der Waals surface area contributed by atoms with E-state index in [0.29, 0.717) is 0 Å². The smallest absolute Gasteiger partial charge is 0.162 e. The maximum absolute atomic E-state index is 3.86. The van der Waals surface area contributed by atoms with Crippen LogP contribution in [0.5, 0.6) is 0 Å². The van der Waals surface area contributed by atoms with Crippen molar-refractivity contribution in [3.05, 3.63) is 13.3 Å². The molecule has 0 unspecified atom stereocenters. The van der Waals surface area contributed by atoms with Gasteiger partial charge >= 0.3 is 0 Å². The van der Waals surface area contributed by atoms with E-state index in [9.17, 15) is 0 Å². The molecule has 10 heavy (non-hydrogen) atoms. The van der Waals surface area contributed by atoms with E-state index < -0.39 is 0 Å². The van der Waals surface area contributed by atoms with Crippen molar-refractivity contribution in [1.29, 1.82) is 0 Å². The van der Waals surface area contributed by atoms with Crippen LogP contribution in [-0.2, 0) is 6.54 Å². The second kappa shape index (κ2) is 3.98. The molecule has 0 N–H and O–H groups in total. The number of aromatic nitrogens is 4. The highest BCUT2D eigenvalue weighted by Gasteiger charge is 1.90. The standard InChI is InChI=1S/C6H11N4/c1-2-3-4-5-10-8-6-7-9-10/h6H,1-5H2. The van der Waals surface area contributed by atoms with Gasteiger partial charge in [0.1, 0.15) is 0 Å². The van der Waals surface area contributed by atoms with Crippen LogP contribution in [0.2, 0.25) is 0 Å². The monoisotopic (exact) mass is 139 g/mol. The van der Waals surface area contributed by atoms with Crippen LogP contribution in [0.15, 0.2) is 6.33 Å². The minimum absolute atomic E-state index is 0.857. The summed E-state index contributed by atoms with van der Waals surface area (Å²) < 4.78 is 0. The van der Waals surface area contributed by atoms with Crippen molar-refractivity contribution in [3.8, 4) is 0 Å². The SMILES string of the molecule is [CH2]CCCCn1ncnn1. The molecule has 1 heterocycles. The number of hydrogen-bond acceptors (Lipinski definition) is 3. The molecule has 1 radical (unpaired) electrons. The van der Waals surface area contributed by atoms with Crippen molar-refractivity contribution in [2.24, 2.45) is 0 Å². The van der Waals surface area contributed by atoms with Crippen LogP contribution in [0.4, 0.5) is 0 Å². The maximum Gasteiger partial charge on any atom is 0.162 e. The van der Waals surface area contributed by atoms with Gasteiger partial charge in [0.2, 0.25) is 0 Å². The van der Waals surface area contributed by atoms with Crippen molar-refractivity contribution >= 4 is 0 Å². The molecule has 0 aliphatic carbocycles. The summed E-state index contributed by atoms with van der Waals surface area (Å²) >= 11 is 0. The largest absolute Gasteiger partial charge is 0.164 e. The summed E-state index contributed by atoms with van der Waals surface area (Å²) in [7, 11) is 0. The second-order valence-electron chi connectivity index (χ2n) is 2.09.